The van der Waals surface area contributed by atoms with E-state index in [0.717, 1.165) is 29.7 Å². The predicted molar refractivity (Wildman–Crippen MR) is 189 cm³/mol. The van der Waals surface area contributed by atoms with Crippen LogP contribution in [0.4, 0.5) is 21.2 Å². The number of anilines is 2. The number of ether oxygens (including phenoxy) is 1. The molecule has 264 valence electrons. The minimum Gasteiger partial charge on any atom is -0.395 e. The van der Waals surface area contributed by atoms with Crippen molar-refractivity contribution in [2.75, 3.05) is 29.5 Å². The van der Waals surface area contributed by atoms with Gasteiger partial charge >= 0.3 is 0 Å². The summed E-state index contributed by atoms with van der Waals surface area (Å²) >= 11 is 0. The summed E-state index contributed by atoms with van der Waals surface area (Å²) in [4.78, 5) is 57.6. The van der Waals surface area contributed by atoms with E-state index in [2.05, 4.69) is 0 Å². The molecular weight excluding hydrogens is 660 g/mol. The number of amides is 3. The van der Waals surface area contributed by atoms with Gasteiger partial charge in [-0.1, -0.05) is 49.4 Å². The molecule has 0 aromatic heterocycles. The smallest absolute Gasteiger partial charge is 0.269 e. The number of nitro benzene ring substituents is 1. The fourth-order valence-electron chi connectivity index (χ4n) is 8.11. The first kappa shape index (κ1) is 35.4. The third kappa shape index (κ3) is 6.57. The molecule has 3 aliphatic heterocycles. The largest absolute Gasteiger partial charge is 0.395 e. The number of piperidine rings is 1. The van der Waals surface area contributed by atoms with Crippen LogP contribution in [-0.2, 0) is 37.8 Å². The molecule has 11 nitrogen and oxygen atoms in total. The number of halogens is 1. The van der Waals surface area contributed by atoms with Crippen molar-refractivity contribution in [2.45, 2.75) is 76.0 Å². The number of hydrogen-bond donors (Lipinski definition) is 1. The van der Waals surface area contributed by atoms with Crippen LogP contribution in [-0.4, -0.2) is 66.9 Å². The number of benzene rings is 3. The van der Waals surface area contributed by atoms with Gasteiger partial charge in [0.15, 0.2) is 5.60 Å². The SMILES string of the molecule is C[C@@H]1[C@@H]([Si](C)(C)F)[C@H](CC(=O)N(CCO)Cc2ccccc2)O[C@@]12C(=O)N(Cc1cccc(N3CCCCC3=O)c1)c1ccc([N+](=O)[O-])cc12. The number of hydrogen-bond acceptors (Lipinski definition) is 7. The zero-order valence-corrected chi connectivity index (χ0v) is 29.6. The summed E-state index contributed by atoms with van der Waals surface area (Å²) in [7, 11) is -3.64. The van der Waals surface area contributed by atoms with Gasteiger partial charge in [0.2, 0.25) is 20.2 Å². The van der Waals surface area contributed by atoms with E-state index in [0.29, 0.717) is 18.7 Å². The first-order chi connectivity index (χ1) is 23.8. The maximum Gasteiger partial charge on any atom is 0.269 e. The normalized spacial score (nSPS) is 23.4. The van der Waals surface area contributed by atoms with Crippen LogP contribution in [0.5, 0.6) is 0 Å². The highest BCUT2D eigenvalue weighted by Crippen LogP contribution is 2.60. The Kier molecular flexibility index (Phi) is 9.93. The minimum absolute atomic E-state index is 0.0430. The zero-order valence-electron chi connectivity index (χ0n) is 28.6. The summed E-state index contributed by atoms with van der Waals surface area (Å²) in [6, 6.07) is 20.9. The Morgan fingerprint density at radius 1 is 1.08 bits per heavy atom. The van der Waals surface area contributed by atoms with Crippen molar-refractivity contribution in [1.29, 1.82) is 0 Å². The summed E-state index contributed by atoms with van der Waals surface area (Å²) < 4.78 is 23.1. The van der Waals surface area contributed by atoms with Gasteiger partial charge in [0.1, 0.15) is 0 Å². The Morgan fingerprint density at radius 3 is 2.50 bits per heavy atom. The van der Waals surface area contributed by atoms with Gasteiger partial charge in [-0.2, -0.15) is 0 Å². The molecular formula is C37H43FN4O7Si. The van der Waals surface area contributed by atoms with Crippen molar-refractivity contribution in [3.05, 3.63) is 99.6 Å². The van der Waals surface area contributed by atoms with Crippen molar-refractivity contribution in [3.63, 3.8) is 0 Å². The molecule has 0 saturated carbocycles. The Labute approximate surface area is 292 Å². The van der Waals surface area contributed by atoms with E-state index in [4.69, 9.17) is 4.74 Å². The predicted octanol–water partition coefficient (Wildman–Crippen LogP) is 5.84. The van der Waals surface area contributed by atoms with Gasteiger partial charge in [0, 0.05) is 60.9 Å². The average molecular weight is 703 g/mol. The molecule has 4 atom stereocenters. The fourth-order valence-corrected chi connectivity index (χ4v) is 10.6. The van der Waals surface area contributed by atoms with Crippen LogP contribution in [0, 0.1) is 16.0 Å². The van der Waals surface area contributed by atoms with E-state index >= 15 is 4.11 Å². The Balaban J connectivity index is 1.36. The molecule has 0 unspecified atom stereocenters. The lowest BCUT2D eigenvalue weighted by Crippen LogP contribution is -2.45. The summed E-state index contributed by atoms with van der Waals surface area (Å²) in [5.74, 6) is -1.55. The first-order valence-corrected chi connectivity index (χ1v) is 20.1. The number of nitrogens with zero attached hydrogens (tertiary/aromatic N) is 4. The van der Waals surface area contributed by atoms with Crippen LogP contribution >= 0.6 is 0 Å². The lowest BCUT2D eigenvalue weighted by molar-refractivity contribution is -0.385. The zero-order chi connectivity index (χ0) is 35.8. The molecule has 3 aromatic rings. The number of carbonyl (C=O) groups excluding carboxylic acids is 3. The van der Waals surface area contributed by atoms with Gasteiger partial charge in [-0.15, -0.1) is 0 Å². The van der Waals surface area contributed by atoms with Gasteiger partial charge in [-0.25, -0.2) is 0 Å². The number of fused-ring (bicyclic) bond motifs is 2. The van der Waals surface area contributed by atoms with Crippen LogP contribution in [0.2, 0.25) is 18.6 Å². The maximum atomic E-state index is 16.4. The molecule has 0 radical (unpaired) electrons. The maximum absolute atomic E-state index is 16.4. The van der Waals surface area contributed by atoms with E-state index in [-0.39, 0.29) is 55.7 Å². The van der Waals surface area contributed by atoms with Crippen LogP contribution in [0.3, 0.4) is 0 Å². The number of aliphatic hydroxyl groups excluding tert-OH is 1. The van der Waals surface area contributed by atoms with Crippen LogP contribution in [0.1, 0.15) is 49.3 Å². The average Bonchev–Trinajstić information content (AvgIpc) is 3.51. The van der Waals surface area contributed by atoms with Gasteiger partial charge in [-0.3, -0.25) is 24.5 Å². The summed E-state index contributed by atoms with van der Waals surface area (Å²) in [5, 5.41) is 21.8. The van der Waals surface area contributed by atoms with Gasteiger partial charge in [0.05, 0.1) is 36.3 Å². The summed E-state index contributed by atoms with van der Waals surface area (Å²) in [6.45, 7) is 5.52. The first-order valence-electron chi connectivity index (χ1n) is 17.1. The van der Waals surface area contributed by atoms with Crippen molar-refractivity contribution in [1.82, 2.24) is 4.90 Å². The van der Waals surface area contributed by atoms with Crippen LogP contribution in [0.15, 0.2) is 72.8 Å². The fraction of sp³-hybridized carbons (Fsp3) is 0.432. The van der Waals surface area contributed by atoms with E-state index in [1.807, 2.05) is 54.6 Å². The second-order valence-corrected chi connectivity index (χ2v) is 17.8. The molecule has 3 aliphatic rings. The number of nitro groups is 1. The molecule has 3 amide bonds. The van der Waals surface area contributed by atoms with E-state index < -0.39 is 42.4 Å². The van der Waals surface area contributed by atoms with Crippen LogP contribution in [0.25, 0.3) is 0 Å². The Hall–Kier alpha value is -4.46. The number of carbonyl (C=O) groups is 3. The second-order valence-electron chi connectivity index (χ2n) is 14.0. The van der Waals surface area contributed by atoms with Crippen molar-refractivity contribution in [2.24, 2.45) is 5.92 Å². The monoisotopic (exact) mass is 702 g/mol. The molecule has 0 aliphatic carbocycles. The summed E-state index contributed by atoms with van der Waals surface area (Å²) in [6.07, 6.45) is 0.993. The lowest BCUT2D eigenvalue weighted by Gasteiger charge is -2.31. The topological polar surface area (TPSA) is 134 Å². The second kappa shape index (κ2) is 14.0. The minimum atomic E-state index is -3.64. The van der Waals surface area contributed by atoms with E-state index in [9.17, 15) is 29.6 Å². The molecule has 2 saturated heterocycles. The standard InChI is InChI=1S/C37H43FN4O7Si/c1-25-35(50(2,3)38)32(22-34(45)39(18-19-43)23-26-10-5-4-6-11-26)49-37(25)30-21-29(42(47)48)15-16-31(30)41(36(37)46)24-27-12-9-13-28(20-27)40-17-8-7-14-33(40)44/h4-6,9-13,15-16,20-21,25,32,35,43H,7-8,14,17-19,22-24H2,1-3H3/t25-,32+,35-,37+/m1/s1. The van der Waals surface area contributed by atoms with Gasteiger partial charge in [-0.05, 0) is 55.3 Å². The highest BCUT2D eigenvalue weighted by molar-refractivity contribution is 6.72. The molecule has 6 rings (SSSR count). The van der Waals surface area contributed by atoms with E-state index in [1.54, 1.807) is 11.8 Å². The Bertz CT molecular complexity index is 1790. The third-order valence-electron chi connectivity index (χ3n) is 10.4. The number of non-ortho nitro benzene ring substituents is 1. The van der Waals surface area contributed by atoms with Crippen molar-refractivity contribution >= 4 is 43.2 Å². The third-order valence-corrected chi connectivity index (χ3v) is 12.8. The van der Waals surface area contributed by atoms with Gasteiger partial charge in [0.25, 0.3) is 11.6 Å². The molecule has 0 bridgehead atoms. The Morgan fingerprint density at radius 2 is 1.82 bits per heavy atom. The quantitative estimate of drug-likeness (QED) is 0.115. The highest BCUT2D eigenvalue weighted by atomic mass is 28.4. The van der Waals surface area contributed by atoms with E-state index in [1.165, 1.54) is 41.1 Å². The number of aliphatic hydroxyl groups is 1. The van der Waals surface area contributed by atoms with Crippen molar-refractivity contribution < 1.29 is 33.3 Å². The van der Waals surface area contributed by atoms with Gasteiger partial charge < -0.3 is 28.7 Å². The van der Waals surface area contributed by atoms with Crippen LogP contribution < -0.4 is 9.80 Å². The molecule has 3 heterocycles. The molecule has 1 N–H and O–H groups in total. The summed E-state index contributed by atoms with van der Waals surface area (Å²) in [5.41, 5.74) is 0.227. The molecule has 2 fully saturated rings. The van der Waals surface area contributed by atoms with Crippen molar-refractivity contribution in [3.8, 4) is 0 Å². The molecule has 3 aromatic carbocycles. The lowest BCUT2D eigenvalue weighted by atomic mass is 9.82. The highest BCUT2D eigenvalue weighted by Gasteiger charge is 2.67. The molecule has 50 heavy (non-hydrogen) atoms. The molecule has 1 spiro atoms. The number of rotatable bonds is 11. The molecule has 13 heteroatoms.